The summed E-state index contributed by atoms with van der Waals surface area (Å²) in [6, 6.07) is 10.1. The van der Waals surface area contributed by atoms with Gasteiger partial charge in [0.1, 0.15) is 6.61 Å². The van der Waals surface area contributed by atoms with Crippen molar-refractivity contribution in [2.45, 2.75) is 26.4 Å². The smallest absolute Gasteiger partial charge is 0.438 e. The zero-order valence-corrected chi connectivity index (χ0v) is 12.8. The van der Waals surface area contributed by atoms with Crippen LogP contribution in [0, 0.1) is 5.92 Å². The average Bonchev–Trinajstić information content (AvgIpc) is 2.54. The van der Waals surface area contributed by atoms with Gasteiger partial charge in [-0.05, 0) is 24.3 Å². The molecule has 0 heterocycles. The summed E-state index contributed by atoms with van der Waals surface area (Å²) in [5.74, 6) is 0.432. The first kappa shape index (κ1) is 17.2. The Morgan fingerprint density at radius 3 is 2.71 bits per heavy atom. The van der Waals surface area contributed by atoms with Crippen LogP contribution in [0.3, 0.4) is 0 Å². The first-order valence-electron chi connectivity index (χ1n) is 7.25. The highest BCUT2D eigenvalue weighted by Crippen LogP contribution is 2.11. The van der Waals surface area contributed by atoms with E-state index >= 15 is 0 Å². The van der Waals surface area contributed by atoms with Gasteiger partial charge in [0.25, 0.3) is 0 Å². The number of carbonyl (C=O) groups excluding carboxylic acids is 1. The molecule has 0 aliphatic heterocycles. The van der Waals surface area contributed by atoms with Gasteiger partial charge in [0.05, 0.1) is 13.7 Å². The number of rotatable bonds is 9. The van der Waals surface area contributed by atoms with Crippen LogP contribution in [0.25, 0.3) is 0 Å². The van der Waals surface area contributed by atoms with Gasteiger partial charge in [0, 0.05) is 6.61 Å². The molecule has 0 amide bonds. The van der Waals surface area contributed by atoms with E-state index in [-0.39, 0.29) is 6.61 Å². The molecule has 1 aromatic rings. The lowest BCUT2D eigenvalue weighted by Crippen LogP contribution is -2.05. The molecular weight excluding hydrogens is 268 g/mol. The molecule has 0 bridgehead atoms. The number of ether oxygens (including phenoxy) is 3. The Balaban J connectivity index is 2.16. The largest absolute Gasteiger partial charge is 0.508 e. The number of methoxy groups -OCH3 is 1. The highest BCUT2D eigenvalue weighted by Gasteiger charge is 2.03. The Labute approximate surface area is 126 Å². The van der Waals surface area contributed by atoms with Gasteiger partial charge in [-0.1, -0.05) is 49.4 Å². The second kappa shape index (κ2) is 10.9. The van der Waals surface area contributed by atoms with Crippen LogP contribution >= 0.6 is 0 Å². The van der Waals surface area contributed by atoms with E-state index in [1.54, 1.807) is 0 Å². The van der Waals surface area contributed by atoms with Crippen molar-refractivity contribution in [3.63, 3.8) is 0 Å². The number of benzene rings is 1. The average molecular weight is 292 g/mol. The summed E-state index contributed by atoms with van der Waals surface area (Å²) in [4.78, 5) is 10.8. The highest BCUT2D eigenvalue weighted by molar-refractivity contribution is 5.59. The van der Waals surface area contributed by atoms with Crippen LogP contribution < -0.4 is 0 Å². The van der Waals surface area contributed by atoms with Gasteiger partial charge in [-0.25, -0.2) is 4.79 Å². The number of allylic oxidation sites excluding steroid dienone is 1. The summed E-state index contributed by atoms with van der Waals surface area (Å²) >= 11 is 0. The van der Waals surface area contributed by atoms with E-state index < -0.39 is 6.16 Å². The van der Waals surface area contributed by atoms with Gasteiger partial charge in [-0.3, -0.25) is 0 Å². The summed E-state index contributed by atoms with van der Waals surface area (Å²) in [5.41, 5.74) is 1.19. The van der Waals surface area contributed by atoms with E-state index in [4.69, 9.17) is 9.47 Å². The van der Waals surface area contributed by atoms with Gasteiger partial charge in [0.2, 0.25) is 0 Å². The van der Waals surface area contributed by atoms with Crippen molar-refractivity contribution in [1.82, 2.24) is 0 Å². The molecule has 0 unspecified atom stereocenters. The van der Waals surface area contributed by atoms with E-state index in [0.717, 1.165) is 19.4 Å². The molecule has 0 saturated carbocycles. The molecule has 1 aromatic carbocycles. The Morgan fingerprint density at radius 2 is 2.05 bits per heavy atom. The molecule has 0 fully saturated rings. The van der Waals surface area contributed by atoms with Crippen LogP contribution in [0.1, 0.15) is 25.3 Å². The fraction of sp³-hybridized carbons (Fsp3) is 0.471. The summed E-state index contributed by atoms with van der Waals surface area (Å²) in [6.45, 7) is 3.74. The topological polar surface area (TPSA) is 44.8 Å². The minimum Gasteiger partial charge on any atom is -0.438 e. The van der Waals surface area contributed by atoms with Crippen molar-refractivity contribution in [2.75, 3.05) is 20.3 Å². The van der Waals surface area contributed by atoms with Gasteiger partial charge in [0.15, 0.2) is 0 Å². The van der Waals surface area contributed by atoms with Gasteiger partial charge < -0.3 is 14.2 Å². The number of carbonyl (C=O) groups is 1. The summed E-state index contributed by atoms with van der Waals surface area (Å²) < 4.78 is 14.9. The Hall–Kier alpha value is -1.81. The van der Waals surface area contributed by atoms with Crippen molar-refractivity contribution < 1.29 is 19.0 Å². The maximum atomic E-state index is 10.8. The lowest BCUT2D eigenvalue weighted by atomic mass is 10.0. The Kier molecular flexibility index (Phi) is 8.96. The SMILES string of the molecule is CC[C@H](/C=C/COC(=O)OC)CCOCc1ccccc1. The normalized spacial score (nSPS) is 12.3. The lowest BCUT2D eigenvalue weighted by molar-refractivity contribution is 0.0816. The molecule has 116 valence electrons. The third-order valence-corrected chi connectivity index (χ3v) is 3.14. The molecule has 0 aliphatic carbocycles. The van der Waals surface area contributed by atoms with Crippen LogP contribution in [0.4, 0.5) is 4.79 Å². The monoisotopic (exact) mass is 292 g/mol. The van der Waals surface area contributed by atoms with Gasteiger partial charge in [-0.15, -0.1) is 0 Å². The molecule has 21 heavy (non-hydrogen) atoms. The van der Waals surface area contributed by atoms with Crippen LogP contribution in [-0.4, -0.2) is 26.5 Å². The molecule has 0 N–H and O–H groups in total. The third-order valence-electron chi connectivity index (χ3n) is 3.14. The molecule has 4 nitrogen and oxygen atoms in total. The molecule has 1 atom stereocenters. The summed E-state index contributed by atoms with van der Waals surface area (Å²) in [5, 5.41) is 0. The Morgan fingerprint density at radius 1 is 1.29 bits per heavy atom. The standard InChI is InChI=1S/C17H24O4/c1-3-15(10-7-12-21-17(18)19-2)11-13-20-14-16-8-5-4-6-9-16/h4-10,15H,3,11-14H2,1-2H3/b10-7+/t15-/m1/s1. The van der Waals surface area contributed by atoms with Crippen LogP contribution in [0.2, 0.25) is 0 Å². The van der Waals surface area contributed by atoms with Crippen LogP contribution in [-0.2, 0) is 20.8 Å². The molecule has 1 rings (SSSR count). The van der Waals surface area contributed by atoms with Gasteiger partial charge in [-0.2, -0.15) is 0 Å². The minimum absolute atomic E-state index is 0.244. The predicted molar refractivity (Wildman–Crippen MR) is 82.0 cm³/mol. The van der Waals surface area contributed by atoms with E-state index in [1.807, 2.05) is 24.3 Å². The fourth-order valence-corrected chi connectivity index (χ4v) is 1.86. The zero-order valence-electron chi connectivity index (χ0n) is 12.8. The van der Waals surface area contributed by atoms with Crippen molar-refractivity contribution in [3.8, 4) is 0 Å². The van der Waals surface area contributed by atoms with Crippen molar-refractivity contribution in [3.05, 3.63) is 48.0 Å². The maximum absolute atomic E-state index is 10.8. The van der Waals surface area contributed by atoms with Crippen molar-refractivity contribution in [2.24, 2.45) is 5.92 Å². The van der Waals surface area contributed by atoms with E-state index in [1.165, 1.54) is 12.7 Å². The van der Waals surface area contributed by atoms with Crippen LogP contribution in [0.5, 0.6) is 0 Å². The van der Waals surface area contributed by atoms with Crippen molar-refractivity contribution in [1.29, 1.82) is 0 Å². The van der Waals surface area contributed by atoms with E-state index in [2.05, 4.69) is 29.9 Å². The second-order valence-electron chi connectivity index (χ2n) is 4.69. The molecule has 0 spiro atoms. The molecule has 0 radical (unpaired) electrons. The third kappa shape index (κ3) is 8.15. The van der Waals surface area contributed by atoms with Gasteiger partial charge >= 0.3 is 6.16 Å². The minimum atomic E-state index is -0.654. The number of hydrogen-bond donors (Lipinski definition) is 0. The summed E-state index contributed by atoms with van der Waals surface area (Å²) in [6.07, 6.45) is 5.25. The molecule has 0 aliphatic rings. The zero-order chi connectivity index (χ0) is 15.3. The van der Waals surface area contributed by atoms with Crippen molar-refractivity contribution >= 4 is 6.16 Å². The summed E-state index contributed by atoms with van der Waals surface area (Å²) in [7, 11) is 1.30. The molecular formula is C17H24O4. The molecule has 4 heteroatoms. The highest BCUT2D eigenvalue weighted by atomic mass is 16.7. The van der Waals surface area contributed by atoms with Crippen LogP contribution in [0.15, 0.2) is 42.5 Å². The lowest BCUT2D eigenvalue weighted by Gasteiger charge is -2.10. The second-order valence-corrected chi connectivity index (χ2v) is 4.69. The fourth-order valence-electron chi connectivity index (χ4n) is 1.86. The molecule has 0 saturated heterocycles. The first-order valence-corrected chi connectivity index (χ1v) is 7.25. The first-order chi connectivity index (χ1) is 10.3. The number of hydrogen-bond acceptors (Lipinski definition) is 4. The maximum Gasteiger partial charge on any atom is 0.508 e. The molecule has 0 aromatic heterocycles. The predicted octanol–water partition coefficient (Wildman–Crippen LogP) is 3.96. The van der Waals surface area contributed by atoms with E-state index in [0.29, 0.717) is 12.5 Å². The van der Waals surface area contributed by atoms with E-state index in [9.17, 15) is 4.79 Å². The Bertz CT molecular complexity index is 414. The quantitative estimate of drug-likeness (QED) is 0.392.